The highest BCUT2D eigenvalue weighted by molar-refractivity contribution is 5.17. The molecule has 2 rings (SSSR count). The minimum absolute atomic E-state index is 0.322. The Labute approximate surface area is 84.3 Å². The molecular formula is C11H17NO2. The summed E-state index contributed by atoms with van der Waals surface area (Å²) in [5.74, 6) is 1.59. The summed E-state index contributed by atoms with van der Waals surface area (Å²) in [5, 5.41) is 8.89. The van der Waals surface area contributed by atoms with Gasteiger partial charge < -0.3 is 9.52 Å². The van der Waals surface area contributed by atoms with Crippen molar-refractivity contribution in [2.45, 2.75) is 19.9 Å². The van der Waals surface area contributed by atoms with E-state index in [4.69, 9.17) is 9.52 Å². The third-order valence-electron chi connectivity index (χ3n) is 2.84. The van der Waals surface area contributed by atoms with Gasteiger partial charge in [0, 0.05) is 44.1 Å². The van der Waals surface area contributed by atoms with Gasteiger partial charge in [0.1, 0.15) is 5.76 Å². The van der Waals surface area contributed by atoms with Gasteiger partial charge in [-0.3, -0.25) is 4.90 Å². The van der Waals surface area contributed by atoms with Gasteiger partial charge in [0.15, 0.2) is 0 Å². The van der Waals surface area contributed by atoms with E-state index in [-0.39, 0.29) is 0 Å². The van der Waals surface area contributed by atoms with Gasteiger partial charge in [-0.1, -0.05) is 6.92 Å². The van der Waals surface area contributed by atoms with Crippen molar-refractivity contribution in [2.75, 3.05) is 19.7 Å². The minimum Gasteiger partial charge on any atom is -0.469 e. The van der Waals surface area contributed by atoms with Gasteiger partial charge in [0.05, 0.1) is 6.26 Å². The quantitative estimate of drug-likeness (QED) is 0.786. The summed E-state index contributed by atoms with van der Waals surface area (Å²) < 4.78 is 5.36. The number of furan rings is 1. The number of nitrogens with zero attached hydrogens (tertiary/aromatic N) is 1. The van der Waals surface area contributed by atoms with Crippen LogP contribution in [0.3, 0.4) is 0 Å². The molecule has 0 aliphatic carbocycles. The Bertz CT molecular complexity index is 289. The number of aliphatic hydroxyl groups is 1. The Morgan fingerprint density at radius 2 is 2.36 bits per heavy atom. The molecule has 0 aromatic carbocycles. The summed E-state index contributed by atoms with van der Waals surface area (Å²) in [6.45, 7) is 5.43. The fourth-order valence-electron chi connectivity index (χ4n) is 1.98. The molecule has 0 amide bonds. The van der Waals surface area contributed by atoms with Gasteiger partial charge in [-0.15, -0.1) is 0 Å². The molecule has 0 atom stereocenters. The first kappa shape index (κ1) is 9.74. The van der Waals surface area contributed by atoms with E-state index in [0.717, 1.165) is 31.8 Å². The van der Waals surface area contributed by atoms with Crippen molar-refractivity contribution in [3.05, 3.63) is 23.7 Å². The van der Waals surface area contributed by atoms with Crippen LogP contribution in [-0.2, 0) is 13.0 Å². The van der Waals surface area contributed by atoms with Crippen molar-refractivity contribution >= 4 is 0 Å². The Hall–Kier alpha value is -0.800. The molecule has 0 unspecified atom stereocenters. The molecule has 0 saturated carbocycles. The summed E-state index contributed by atoms with van der Waals surface area (Å²) >= 11 is 0. The van der Waals surface area contributed by atoms with E-state index in [2.05, 4.69) is 11.8 Å². The maximum atomic E-state index is 8.89. The summed E-state index contributed by atoms with van der Waals surface area (Å²) in [7, 11) is 0. The van der Waals surface area contributed by atoms with Crippen LogP contribution in [0.1, 0.15) is 18.2 Å². The molecule has 3 nitrogen and oxygen atoms in total. The average molecular weight is 195 g/mol. The Morgan fingerprint density at radius 3 is 3.00 bits per heavy atom. The highest BCUT2D eigenvalue weighted by Gasteiger charge is 2.26. The predicted molar refractivity (Wildman–Crippen MR) is 53.9 cm³/mol. The molecule has 1 N–H and O–H groups in total. The maximum Gasteiger partial charge on any atom is 0.107 e. The molecule has 2 heterocycles. The number of rotatable bonds is 4. The van der Waals surface area contributed by atoms with Gasteiger partial charge in [-0.05, 0) is 6.07 Å². The molecule has 0 radical (unpaired) electrons. The number of hydrogen-bond donors (Lipinski definition) is 1. The minimum atomic E-state index is 0.322. The van der Waals surface area contributed by atoms with E-state index in [1.165, 1.54) is 5.56 Å². The summed E-state index contributed by atoms with van der Waals surface area (Å²) in [4.78, 5) is 2.34. The highest BCUT2D eigenvalue weighted by Crippen LogP contribution is 2.20. The molecule has 1 aromatic heterocycles. The second kappa shape index (κ2) is 4.15. The van der Waals surface area contributed by atoms with Crippen molar-refractivity contribution in [3.63, 3.8) is 0 Å². The van der Waals surface area contributed by atoms with Crippen LogP contribution < -0.4 is 0 Å². The number of aryl methyl sites for hydroxylation is 1. The van der Waals surface area contributed by atoms with E-state index in [0.29, 0.717) is 12.5 Å². The molecule has 3 heteroatoms. The lowest BCUT2D eigenvalue weighted by atomic mass is 10.0. The molecule has 0 bridgehead atoms. The zero-order chi connectivity index (χ0) is 9.97. The Kier molecular flexibility index (Phi) is 2.89. The smallest absolute Gasteiger partial charge is 0.107 e. The first-order chi connectivity index (χ1) is 6.83. The SMILES string of the molecule is CCc1occc1CN1CC(CO)C1. The third kappa shape index (κ3) is 1.83. The van der Waals surface area contributed by atoms with Crippen LogP contribution in [0.5, 0.6) is 0 Å². The predicted octanol–water partition coefficient (Wildman–Crippen LogP) is 1.27. The van der Waals surface area contributed by atoms with Crippen molar-refractivity contribution in [1.29, 1.82) is 0 Å². The number of hydrogen-bond acceptors (Lipinski definition) is 3. The number of likely N-dealkylation sites (tertiary alicyclic amines) is 1. The van der Waals surface area contributed by atoms with Gasteiger partial charge in [0.2, 0.25) is 0 Å². The van der Waals surface area contributed by atoms with Gasteiger partial charge in [-0.25, -0.2) is 0 Å². The molecule has 78 valence electrons. The standard InChI is InChI=1S/C11H17NO2/c1-2-11-10(3-4-14-11)7-12-5-9(6-12)8-13/h3-4,9,13H,2,5-8H2,1H3. The highest BCUT2D eigenvalue weighted by atomic mass is 16.3. The normalized spacial score (nSPS) is 18.4. The van der Waals surface area contributed by atoms with Crippen LogP contribution in [0.25, 0.3) is 0 Å². The summed E-state index contributed by atoms with van der Waals surface area (Å²) in [5.41, 5.74) is 1.30. The fourth-order valence-corrected chi connectivity index (χ4v) is 1.98. The molecule has 1 saturated heterocycles. The van der Waals surface area contributed by atoms with Crippen molar-refractivity contribution < 1.29 is 9.52 Å². The van der Waals surface area contributed by atoms with E-state index in [9.17, 15) is 0 Å². The molecular weight excluding hydrogens is 178 g/mol. The van der Waals surface area contributed by atoms with Crippen LogP contribution in [0.4, 0.5) is 0 Å². The molecule has 1 aliphatic heterocycles. The maximum absolute atomic E-state index is 8.89. The molecule has 0 spiro atoms. The Morgan fingerprint density at radius 1 is 1.57 bits per heavy atom. The van der Waals surface area contributed by atoms with Crippen molar-refractivity contribution in [2.24, 2.45) is 5.92 Å². The van der Waals surface area contributed by atoms with E-state index in [1.54, 1.807) is 6.26 Å². The zero-order valence-electron chi connectivity index (χ0n) is 8.57. The zero-order valence-corrected chi connectivity index (χ0v) is 8.57. The lowest BCUT2D eigenvalue weighted by Gasteiger charge is -2.38. The lowest BCUT2D eigenvalue weighted by molar-refractivity contribution is 0.0475. The van der Waals surface area contributed by atoms with Crippen LogP contribution in [-0.4, -0.2) is 29.7 Å². The fraction of sp³-hybridized carbons (Fsp3) is 0.636. The molecule has 1 fully saturated rings. The topological polar surface area (TPSA) is 36.6 Å². The van der Waals surface area contributed by atoms with Crippen LogP contribution in [0.2, 0.25) is 0 Å². The monoisotopic (exact) mass is 195 g/mol. The summed E-state index contributed by atoms with van der Waals surface area (Å²) in [6.07, 6.45) is 2.72. The molecule has 14 heavy (non-hydrogen) atoms. The first-order valence-corrected chi connectivity index (χ1v) is 5.22. The van der Waals surface area contributed by atoms with Crippen molar-refractivity contribution in [1.82, 2.24) is 4.90 Å². The van der Waals surface area contributed by atoms with E-state index >= 15 is 0 Å². The van der Waals surface area contributed by atoms with Gasteiger partial charge in [-0.2, -0.15) is 0 Å². The van der Waals surface area contributed by atoms with E-state index in [1.807, 2.05) is 6.07 Å². The van der Waals surface area contributed by atoms with Gasteiger partial charge in [0.25, 0.3) is 0 Å². The van der Waals surface area contributed by atoms with Crippen LogP contribution in [0.15, 0.2) is 16.7 Å². The van der Waals surface area contributed by atoms with Crippen LogP contribution in [0, 0.1) is 5.92 Å². The number of aliphatic hydroxyl groups excluding tert-OH is 1. The van der Waals surface area contributed by atoms with Crippen molar-refractivity contribution in [3.8, 4) is 0 Å². The largest absolute Gasteiger partial charge is 0.469 e. The molecule has 1 aliphatic rings. The summed E-state index contributed by atoms with van der Waals surface area (Å²) in [6, 6.07) is 2.05. The third-order valence-corrected chi connectivity index (χ3v) is 2.84. The lowest BCUT2D eigenvalue weighted by Crippen LogP contribution is -2.47. The average Bonchev–Trinajstić information content (AvgIpc) is 2.57. The van der Waals surface area contributed by atoms with E-state index < -0.39 is 0 Å². The van der Waals surface area contributed by atoms with Gasteiger partial charge >= 0.3 is 0 Å². The van der Waals surface area contributed by atoms with Crippen LogP contribution >= 0.6 is 0 Å². The first-order valence-electron chi connectivity index (χ1n) is 5.22. The second-order valence-electron chi connectivity index (χ2n) is 3.97. The second-order valence-corrected chi connectivity index (χ2v) is 3.97. The molecule has 1 aromatic rings. The Balaban J connectivity index is 1.86.